The van der Waals surface area contributed by atoms with E-state index in [1.54, 1.807) is 25.4 Å². The van der Waals surface area contributed by atoms with E-state index in [2.05, 4.69) is 9.88 Å². The zero-order valence-electron chi connectivity index (χ0n) is 21.3. The Bertz CT molecular complexity index is 1280. The lowest BCUT2D eigenvalue weighted by molar-refractivity contribution is 0.0734. The van der Waals surface area contributed by atoms with Gasteiger partial charge in [0.25, 0.3) is 0 Å². The fourth-order valence-electron chi connectivity index (χ4n) is 4.68. The second-order valence-electron chi connectivity index (χ2n) is 9.77. The van der Waals surface area contributed by atoms with Crippen LogP contribution in [0, 0.1) is 12.8 Å². The van der Waals surface area contributed by atoms with Crippen LogP contribution >= 0.6 is 0 Å². The minimum absolute atomic E-state index is 0.107. The van der Waals surface area contributed by atoms with Crippen molar-refractivity contribution in [2.75, 3.05) is 26.7 Å². The number of hydrogen-bond donors (Lipinski definition) is 1. The van der Waals surface area contributed by atoms with E-state index in [-0.39, 0.29) is 30.1 Å². The van der Waals surface area contributed by atoms with E-state index in [4.69, 9.17) is 4.74 Å². The Morgan fingerprint density at radius 1 is 1.17 bits per heavy atom. The van der Waals surface area contributed by atoms with Gasteiger partial charge in [0.15, 0.2) is 0 Å². The lowest BCUT2D eigenvalue weighted by atomic mass is 10.00. The fraction of sp³-hybridized carbons (Fsp3) is 0.393. The molecule has 0 bridgehead atoms. The summed E-state index contributed by atoms with van der Waals surface area (Å²) in [6, 6.07) is 16.7. The number of likely N-dealkylation sites (N-methyl/N-ethyl adjacent to an activating group) is 1. The van der Waals surface area contributed by atoms with Crippen molar-refractivity contribution in [3.63, 3.8) is 0 Å². The van der Waals surface area contributed by atoms with E-state index < -0.39 is 16.1 Å². The molecule has 1 aromatic heterocycles. The summed E-state index contributed by atoms with van der Waals surface area (Å²) in [5.74, 6) is 0.240. The molecule has 0 amide bonds. The molecule has 0 unspecified atom stereocenters. The van der Waals surface area contributed by atoms with Gasteiger partial charge in [-0.05, 0) is 67.4 Å². The molecule has 2 heterocycles. The molecule has 0 fully saturated rings. The SMILES string of the molecule is Cc1ccccc1-c1ccc2c(c1)O[C@@H](CN(C)Cc1ccncc1)[C@@H](C)CN([C@@H](C)CO)S2(=O)=O. The Labute approximate surface area is 214 Å². The normalized spacial score (nSPS) is 20.7. The van der Waals surface area contributed by atoms with Crippen molar-refractivity contribution in [1.29, 1.82) is 0 Å². The van der Waals surface area contributed by atoms with Crippen LogP contribution in [0.1, 0.15) is 25.0 Å². The van der Waals surface area contributed by atoms with Gasteiger partial charge in [-0.3, -0.25) is 9.88 Å². The minimum Gasteiger partial charge on any atom is -0.487 e. The highest BCUT2D eigenvalue weighted by molar-refractivity contribution is 7.89. The molecule has 0 saturated carbocycles. The minimum atomic E-state index is -3.87. The number of benzene rings is 2. The van der Waals surface area contributed by atoms with Gasteiger partial charge >= 0.3 is 0 Å². The number of ether oxygens (including phenoxy) is 1. The number of aliphatic hydroxyl groups is 1. The van der Waals surface area contributed by atoms with Crippen LogP contribution in [-0.2, 0) is 16.6 Å². The van der Waals surface area contributed by atoms with Crippen LogP contribution in [0.4, 0.5) is 0 Å². The molecule has 8 heteroatoms. The van der Waals surface area contributed by atoms with Crippen molar-refractivity contribution in [2.45, 2.75) is 44.4 Å². The smallest absolute Gasteiger partial charge is 0.247 e. The monoisotopic (exact) mass is 509 g/mol. The number of fused-ring (bicyclic) bond motifs is 1. The van der Waals surface area contributed by atoms with Gasteiger partial charge in [0.05, 0.1) is 6.61 Å². The Morgan fingerprint density at radius 3 is 2.58 bits per heavy atom. The summed E-state index contributed by atoms with van der Waals surface area (Å²) in [7, 11) is -1.84. The maximum Gasteiger partial charge on any atom is 0.247 e. The van der Waals surface area contributed by atoms with Crippen molar-refractivity contribution in [2.24, 2.45) is 5.92 Å². The molecule has 4 rings (SSSR count). The van der Waals surface area contributed by atoms with Gasteiger partial charge < -0.3 is 9.84 Å². The average molecular weight is 510 g/mol. The zero-order chi connectivity index (χ0) is 25.9. The number of pyridine rings is 1. The van der Waals surface area contributed by atoms with Crippen molar-refractivity contribution in [1.82, 2.24) is 14.2 Å². The van der Waals surface area contributed by atoms with E-state index in [1.165, 1.54) is 4.31 Å². The topological polar surface area (TPSA) is 83.0 Å². The van der Waals surface area contributed by atoms with Crippen LogP contribution in [-0.4, -0.2) is 66.6 Å². The second-order valence-corrected chi connectivity index (χ2v) is 11.6. The Morgan fingerprint density at radius 2 is 1.89 bits per heavy atom. The van der Waals surface area contributed by atoms with Gasteiger partial charge in [0, 0.05) is 44.0 Å². The van der Waals surface area contributed by atoms with E-state index in [9.17, 15) is 13.5 Å². The summed E-state index contributed by atoms with van der Waals surface area (Å²) in [6.45, 7) is 7.12. The zero-order valence-corrected chi connectivity index (χ0v) is 22.1. The predicted octanol–water partition coefficient (Wildman–Crippen LogP) is 3.96. The summed E-state index contributed by atoms with van der Waals surface area (Å²) in [4.78, 5) is 6.40. The Balaban J connectivity index is 1.74. The van der Waals surface area contributed by atoms with Crippen molar-refractivity contribution in [3.8, 4) is 16.9 Å². The Kier molecular flexibility index (Phi) is 8.10. The number of aromatic nitrogens is 1. The second kappa shape index (κ2) is 11.1. The van der Waals surface area contributed by atoms with Crippen LogP contribution in [0.25, 0.3) is 11.1 Å². The molecule has 7 nitrogen and oxygen atoms in total. The van der Waals surface area contributed by atoms with Crippen molar-refractivity contribution < 1.29 is 18.3 Å². The molecular formula is C28H35N3O4S. The standard InChI is InChI=1S/C28H35N3O4S/c1-20-7-5-6-8-25(20)24-9-10-28-26(15-24)35-27(18-30(4)17-23-11-13-29-14-12-23)21(2)16-31(22(3)19-32)36(28,33)34/h5-15,21-22,27,32H,16-19H2,1-4H3/t21-,22-,27-/m0/s1. The maximum atomic E-state index is 13.7. The number of sulfonamides is 1. The quantitative estimate of drug-likeness (QED) is 0.519. The number of aliphatic hydroxyl groups excluding tert-OH is 1. The summed E-state index contributed by atoms with van der Waals surface area (Å²) in [5, 5.41) is 9.86. The molecule has 0 saturated heterocycles. The van der Waals surface area contributed by atoms with Crippen LogP contribution in [0.15, 0.2) is 71.9 Å². The highest BCUT2D eigenvalue weighted by Crippen LogP contribution is 2.37. The molecule has 1 aliphatic rings. The van der Waals surface area contributed by atoms with E-state index in [0.29, 0.717) is 12.3 Å². The first kappa shape index (κ1) is 26.3. The van der Waals surface area contributed by atoms with Gasteiger partial charge in [0.2, 0.25) is 10.0 Å². The number of rotatable bonds is 7. The fourth-order valence-corrected chi connectivity index (χ4v) is 6.51. The van der Waals surface area contributed by atoms with Crippen LogP contribution < -0.4 is 4.74 Å². The maximum absolute atomic E-state index is 13.7. The summed E-state index contributed by atoms with van der Waals surface area (Å²) in [5.41, 5.74) is 4.18. The molecule has 1 aliphatic heterocycles. The predicted molar refractivity (Wildman–Crippen MR) is 141 cm³/mol. The van der Waals surface area contributed by atoms with Gasteiger partial charge in [-0.2, -0.15) is 4.31 Å². The molecule has 1 N–H and O–H groups in total. The highest BCUT2D eigenvalue weighted by Gasteiger charge is 2.38. The van der Waals surface area contributed by atoms with Crippen molar-refractivity contribution in [3.05, 3.63) is 78.1 Å². The molecule has 3 aromatic rings. The third-order valence-electron chi connectivity index (χ3n) is 6.82. The molecule has 2 aromatic carbocycles. The van der Waals surface area contributed by atoms with Crippen LogP contribution in [0.3, 0.4) is 0 Å². The lowest BCUT2D eigenvalue weighted by Gasteiger charge is -2.37. The molecular weight excluding hydrogens is 474 g/mol. The number of aryl methyl sites for hydroxylation is 1. The first-order valence-corrected chi connectivity index (χ1v) is 13.7. The van der Waals surface area contributed by atoms with Crippen LogP contribution in [0.5, 0.6) is 5.75 Å². The lowest BCUT2D eigenvalue weighted by Crippen LogP contribution is -2.49. The van der Waals surface area contributed by atoms with E-state index >= 15 is 0 Å². The summed E-state index contributed by atoms with van der Waals surface area (Å²) >= 11 is 0. The number of hydrogen-bond acceptors (Lipinski definition) is 6. The summed E-state index contributed by atoms with van der Waals surface area (Å²) in [6.07, 6.45) is 3.30. The first-order chi connectivity index (χ1) is 17.2. The van der Waals surface area contributed by atoms with Gasteiger partial charge in [-0.15, -0.1) is 0 Å². The molecule has 36 heavy (non-hydrogen) atoms. The van der Waals surface area contributed by atoms with Gasteiger partial charge in [-0.25, -0.2) is 8.42 Å². The molecule has 3 atom stereocenters. The molecule has 0 aliphatic carbocycles. The van der Waals surface area contributed by atoms with Gasteiger partial charge in [-0.1, -0.05) is 37.3 Å². The molecule has 0 radical (unpaired) electrons. The van der Waals surface area contributed by atoms with Crippen molar-refractivity contribution >= 4 is 10.0 Å². The third-order valence-corrected chi connectivity index (χ3v) is 8.84. The Hall–Kier alpha value is -2.78. The first-order valence-electron chi connectivity index (χ1n) is 12.3. The van der Waals surface area contributed by atoms with E-state index in [0.717, 1.165) is 28.8 Å². The largest absolute Gasteiger partial charge is 0.487 e. The van der Waals surface area contributed by atoms with Crippen LogP contribution in [0.2, 0.25) is 0 Å². The highest BCUT2D eigenvalue weighted by atomic mass is 32.2. The summed E-state index contributed by atoms with van der Waals surface area (Å²) < 4.78 is 35.4. The van der Waals surface area contributed by atoms with E-state index in [1.807, 2.05) is 69.4 Å². The third kappa shape index (κ3) is 5.62. The average Bonchev–Trinajstić information content (AvgIpc) is 2.86. The number of nitrogens with zero attached hydrogens (tertiary/aromatic N) is 3. The molecule has 0 spiro atoms. The molecule has 192 valence electrons. The van der Waals surface area contributed by atoms with Gasteiger partial charge in [0.1, 0.15) is 16.7 Å².